The predicted octanol–water partition coefficient (Wildman–Crippen LogP) is -18.0. The predicted molar refractivity (Wildman–Crippen MR) is 0 cm³/mol. The van der Waals surface area contributed by atoms with Crippen molar-refractivity contribution in [1.82, 2.24) is 0 Å². The first-order valence-corrected chi connectivity index (χ1v) is 0. The van der Waals surface area contributed by atoms with Crippen LogP contribution in [0.3, 0.4) is 0 Å². The summed E-state index contributed by atoms with van der Waals surface area (Å²) in [4.78, 5) is 0. The second kappa shape index (κ2) is 120. The van der Waals surface area contributed by atoms with Crippen LogP contribution in [0.2, 0.25) is 0 Å². The van der Waals surface area contributed by atoms with Crippen LogP contribution in [0.4, 0.5) is 0 Å². The van der Waals surface area contributed by atoms with Crippen molar-refractivity contribution in [3.05, 3.63) is 0 Å². The molecule has 0 amide bonds. The Kier molecular flexibility index (Phi) is 2490. The molecule has 0 saturated heterocycles. The van der Waals surface area contributed by atoms with E-state index < -0.39 is 0 Å². The minimum atomic E-state index is 0. The van der Waals surface area contributed by atoms with E-state index in [1.807, 2.05) is 0 Å². The van der Waals surface area contributed by atoms with Crippen molar-refractivity contribution in [2.45, 2.75) is 0 Å². The van der Waals surface area contributed by atoms with E-state index in [2.05, 4.69) is 0 Å². The molecule has 0 N–H and O–H groups in total. The summed E-state index contributed by atoms with van der Waals surface area (Å²) in [6.45, 7) is 0. The van der Waals surface area contributed by atoms with E-state index in [9.17, 15) is 0 Å². The average Bonchev–Trinajstić information content (AvgIpc) is 0. The van der Waals surface area contributed by atoms with E-state index in [1.165, 1.54) is 0 Å². The summed E-state index contributed by atoms with van der Waals surface area (Å²) in [5.74, 6) is 0. The van der Waals surface area contributed by atoms with Crippen molar-refractivity contribution in [2.24, 2.45) is 0 Å². The number of hydrogen-bond acceptors (Lipinski definition) is 0. The first-order valence-electron chi connectivity index (χ1n) is 0. The van der Waals surface area contributed by atoms with Gasteiger partial charge in [0.25, 0.3) is 0 Å². The maximum absolute atomic E-state index is 0. The van der Waals surface area contributed by atoms with E-state index in [0.29, 0.717) is 0 Å². The first kappa shape index (κ1) is 167. The minimum absolute atomic E-state index is 0. The summed E-state index contributed by atoms with van der Waals surface area (Å²) in [6, 6.07) is 0. The van der Waals surface area contributed by atoms with Gasteiger partial charge in [0.15, 0.2) is 0 Å². The van der Waals surface area contributed by atoms with Crippen LogP contribution in [0.1, 0.15) is 0 Å². The van der Waals surface area contributed by atoms with Gasteiger partial charge in [0, 0.05) is 0 Å². The molecule has 0 nitrogen and oxygen atoms in total. The van der Waals surface area contributed by atoms with Gasteiger partial charge in [0.05, 0.1) is 0 Å². The Morgan fingerprint density at radius 1 is 0.375 bits per heavy atom. The monoisotopic (exact) mass is 395 g/mol. The molecule has 0 aromatic heterocycles. The average molecular weight is 395 g/mol. The summed E-state index contributed by atoms with van der Waals surface area (Å²) in [7, 11) is 0. The molecule has 0 aliphatic carbocycles. The summed E-state index contributed by atoms with van der Waals surface area (Å²) >= 11 is 0. The Morgan fingerprint density at radius 2 is 0.375 bits per heavy atom. The minimum Gasteiger partial charge on any atom is -1.00 e. The van der Waals surface area contributed by atoms with Crippen molar-refractivity contribution >= 4 is 0 Å². The molecule has 0 aromatic carbocycles. The van der Waals surface area contributed by atoms with Crippen molar-refractivity contribution in [3.8, 4) is 0 Å². The van der Waals surface area contributed by atoms with Gasteiger partial charge in [-0.25, -0.2) is 0 Å². The van der Waals surface area contributed by atoms with Crippen molar-refractivity contribution in [3.63, 3.8) is 0 Å². The van der Waals surface area contributed by atoms with Gasteiger partial charge in [-0.1, -0.05) is 0 Å². The molecule has 0 atom stereocenters. The molecule has 0 bridgehead atoms. The van der Waals surface area contributed by atoms with E-state index in [0.717, 1.165) is 0 Å². The van der Waals surface area contributed by atoms with Gasteiger partial charge >= 0.3 is 83.0 Å². The Hall–Kier alpha value is 2.32. The summed E-state index contributed by atoms with van der Waals surface area (Å²) in [5, 5.41) is 0. The third kappa shape index (κ3) is 82.8. The summed E-state index contributed by atoms with van der Waals surface area (Å²) in [5.41, 5.74) is 0. The van der Waals surface area contributed by atoms with Gasteiger partial charge < -0.3 is 28.2 Å². The molecular formula is CeF6Pr. The standard InChI is InChI=1S/Ce.6FH.Pr/h;6*1H;/q+3;;;;;;;+3/p-6. The fourth-order valence-corrected chi connectivity index (χ4v) is 0. The van der Waals surface area contributed by atoms with E-state index >= 15 is 0 Å². The van der Waals surface area contributed by atoms with E-state index in [1.54, 1.807) is 0 Å². The zero-order valence-electron chi connectivity index (χ0n) is 3.35. The largest absolute Gasteiger partial charge is 3.00 e. The molecule has 0 spiro atoms. The van der Waals surface area contributed by atoms with Crippen LogP contribution in [0, 0.1) is 83.0 Å². The Balaban J connectivity index is 0. The van der Waals surface area contributed by atoms with Crippen LogP contribution >= 0.6 is 0 Å². The third-order valence-corrected chi connectivity index (χ3v) is 0. The third-order valence-electron chi connectivity index (χ3n) is 0. The molecule has 0 unspecified atom stereocenters. The molecule has 0 heterocycles. The molecule has 0 saturated carbocycles. The number of rotatable bonds is 0. The molecule has 0 aliphatic heterocycles. The molecule has 0 aromatic rings. The zero-order valence-corrected chi connectivity index (χ0v) is 10.2. The number of halogens is 6. The molecule has 1 radical (unpaired) electrons. The van der Waals surface area contributed by atoms with Crippen LogP contribution in [-0.2, 0) is 0 Å². The molecule has 0 aliphatic rings. The van der Waals surface area contributed by atoms with Crippen LogP contribution in [0.25, 0.3) is 0 Å². The molecule has 0 rings (SSSR count). The first-order chi connectivity index (χ1) is 0. The van der Waals surface area contributed by atoms with Crippen LogP contribution in [0.15, 0.2) is 0 Å². The van der Waals surface area contributed by atoms with Gasteiger partial charge in [-0.15, -0.1) is 0 Å². The van der Waals surface area contributed by atoms with E-state index in [4.69, 9.17) is 0 Å². The second-order valence-corrected chi connectivity index (χ2v) is 0. The van der Waals surface area contributed by atoms with Gasteiger partial charge in [-0.3, -0.25) is 0 Å². The topological polar surface area (TPSA) is 0 Å². The van der Waals surface area contributed by atoms with Gasteiger partial charge in [0.2, 0.25) is 0 Å². The SMILES string of the molecule is [Ce+3].[F-].[F-].[F-].[F-].[F-].[F-].[Pr+3]. The summed E-state index contributed by atoms with van der Waals surface area (Å²) in [6.07, 6.45) is 0. The Bertz CT molecular complexity index is 8.49. The molecule has 8 heavy (non-hydrogen) atoms. The maximum atomic E-state index is 0. The zero-order chi connectivity index (χ0) is 0. The van der Waals surface area contributed by atoms with Gasteiger partial charge in [-0.2, -0.15) is 0 Å². The van der Waals surface area contributed by atoms with Crippen LogP contribution in [0.5, 0.6) is 0 Å². The van der Waals surface area contributed by atoms with Crippen molar-refractivity contribution < 1.29 is 111 Å². The van der Waals surface area contributed by atoms with Crippen LogP contribution < -0.4 is 28.2 Å². The smallest absolute Gasteiger partial charge is 1.00 e. The Morgan fingerprint density at radius 3 is 0.375 bits per heavy atom. The quantitative estimate of drug-likeness (QED) is 0.358. The number of hydrogen-bond donors (Lipinski definition) is 0. The molecule has 49 valence electrons. The summed E-state index contributed by atoms with van der Waals surface area (Å²) < 4.78 is 0. The normalized spacial score (nSPS) is 0. The van der Waals surface area contributed by atoms with Crippen molar-refractivity contribution in [1.29, 1.82) is 0 Å². The van der Waals surface area contributed by atoms with Crippen molar-refractivity contribution in [2.75, 3.05) is 0 Å². The Labute approximate surface area is 109 Å². The van der Waals surface area contributed by atoms with E-state index in [-0.39, 0.29) is 111 Å². The van der Waals surface area contributed by atoms with Crippen LogP contribution in [-0.4, -0.2) is 0 Å². The van der Waals surface area contributed by atoms with Gasteiger partial charge in [-0.05, 0) is 0 Å². The fraction of sp³-hybridized carbons (Fsp3) is 0. The maximum Gasteiger partial charge on any atom is 3.00 e. The molecule has 0 fully saturated rings. The second-order valence-electron chi connectivity index (χ2n) is 0. The van der Waals surface area contributed by atoms with Gasteiger partial charge in [0.1, 0.15) is 0 Å². The molecular weight excluding hydrogens is 395 g/mol. The molecule has 8 heteroatoms. The fourth-order valence-electron chi connectivity index (χ4n) is 0.